The monoisotopic (exact) mass is 454 g/mol. The third-order valence-corrected chi connectivity index (χ3v) is 6.58. The van der Waals surface area contributed by atoms with E-state index in [0.29, 0.717) is 12.2 Å². The fourth-order valence-electron chi connectivity index (χ4n) is 3.98. The summed E-state index contributed by atoms with van der Waals surface area (Å²) in [5.41, 5.74) is 6.06. The van der Waals surface area contributed by atoms with Gasteiger partial charge in [0.25, 0.3) is 5.69 Å². The van der Waals surface area contributed by atoms with E-state index in [9.17, 15) is 10.1 Å². The molecule has 0 spiro atoms. The summed E-state index contributed by atoms with van der Waals surface area (Å²) >= 11 is 1.50. The number of aromatic amines is 1. The summed E-state index contributed by atoms with van der Waals surface area (Å²) in [7, 11) is 0. The van der Waals surface area contributed by atoms with Crippen molar-refractivity contribution in [3.63, 3.8) is 0 Å². The molecule has 0 radical (unpaired) electrons. The van der Waals surface area contributed by atoms with Crippen molar-refractivity contribution in [1.29, 1.82) is 0 Å². The maximum atomic E-state index is 11.5. The smallest absolute Gasteiger partial charge is 0.294 e. The van der Waals surface area contributed by atoms with Crippen LogP contribution in [0.15, 0.2) is 89.4 Å². The van der Waals surface area contributed by atoms with Crippen LogP contribution >= 0.6 is 11.3 Å². The van der Waals surface area contributed by atoms with Gasteiger partial charge >= 0.3 is 0 Å². The van der Waals surface area contributed by atoms with Crippen LogP contribution in [0.1, 0.15) is 11.1 Å². The Morgan fingerprint density at radius 3 is 2.61 bits per heavy atom. The zero-order valence-electron chi connectivity index (χ0n) is 18.1. The molecular weight excluding hydrogens is 432 g/mol. The molecule has 33 heavy (non-hydrogen) atoms. The van der Waals surface area contributed by atoms with Gasteiger partial charge < -0.3 is 9.55 Å². The van der Waals surface area contributed by atoms with Gasteiger partial charge in [0, 0.05) is 35.1 Å². The summed E-state index contributed by atoms with van der Waals surface area (Å²) in [6, 6.07) is 23.3. The van der Waals surface area contributed by atoms with E-state index in [0.717, 1.165) is 28.0 Å². The highest BCUT2D eigenvalue weighted by Crippen LogP contribution is 2.27. The van der Waals surface area contributed by atoms with E-state index in [2.05, 4.69) is 64.4 Å². The minimum Gasteiger partial charge on any atom is -0.361 e. The molecule has 5 aromatic rings. The van der Waals surface area contributed by atoms with Crippen molar-refractivity contribution >= 4 is 33.6 Å². The van der Waals surface area contributed by atoms with Gasteiger partial charge in [0.15, 0.2) is 4.80 Å². The average molecular weight is 455 g/mol. The van der Waals surface area contributed by atoms with Gasteiger partial charge in [-0.3, -0.25) is 10.1 Å². The SMILES string of the molecule is Cc1ccc(-c2csc(=Nc3ccccc3[N+](=O)[O-])n2CCc2c[nH]c3ccccc23)cc1. The molecule has 0 saturated heterocycles. The van der Waals surface area contributed by atoms with Crippen molar-refractivity contribution < 1.29 is 4.92 Å². The molecule has 7 heteroatoms. The first-order chi connectivity index (χ1) is 16.1. The molecular formula is C26H22N4O2S. The minimum atomic E-state index is -0.385. The minimum absolute atomic E-state index is 0.00552. The number of rotatable bonds is 6. The number of fused-ring (bicyclic) bond motifs is 1. The topological polar surface area (TPSA) is 76.2 Å². The van der Waals surface area contributed by atoms with Gasteiger partial charge in [0.2, 0.25) is 0 Å². The van der Waals surface area contributed by atoms with Crippen LogP contribution in [0.2, 0.25) is 0 Å². The van der Waals surface area contributed by atoms with Crippen LogP contribution in [0.4, 0.5) is 11.4 Å². The highest BCUT2D eigenvalue weighted by atomic mass is 32.1. The first-order valence-corrected chi connectivity index (χ1v) is 11.6. The van der Waals surface area contributed by atoms with Crippen LogP contribution in [0.5, 0.6) is 0 Å². The lowest BCUT2D eigenvalue weighted by Crippen LogP contribution is -2.17. The Morgan fingerprint density at radius 1 is 1.03 bits per heavy atom. The molecule has 3 aromatic carbocycles. The van der Waals surface area contributed by atoms with Gasteiger partial charge in [-0.05, 0) is 36.6 Å². The third-order valence-electron chi connectivity index (χ3n) is 5.72. The highest BCUT2D eigenvalue weighted by molar-refractivity contribution is 7.07. The van der Waals surface area contributed by atoms with Crippen LogP contribution in [0.3, 0.4) is 0 Å². The number of nitro benzene ring substituents is 1. The number of benzene rings is 3. The molecule has 0 saturated carbocycles. The quantitative estimate of drug-likeness (QED) is 0.238. The number of thiazole rings is 1. The van der Waals surface area contributed by atoms with E-state index >= 15 is 0 Å². The Kier molecular flexibility index (Phi) is 5.62. The van der Waals surface area contributed by atoms with Gasteiger partial charge in [-0.1, -0.05) is 60.2 Å². The largest absolute Gasteiger partial charge is 0.361 e. The highest BCUT2D eigenvalue weighted by Gasteiger charge is 2.14. The molecule has 1 N–H and O–H groups in total. The van der Waals surface area contributed by atoms with E-state index < -0.39 is 0 Å². The van der Waals surface area contributed by atoms with Crippen molar-refractivity contribution in [3.05, 3.63) is 110 Å². The maximum Gasteiger partial charge on any atom is 0.294 e. The number of nitrogens with zero attached hydrogens (tertiary/aromatic N) is 3. The number of aryl methyl sites for hydroxylation is 2. The number of nitro groups is 1. The Hall–Kier alpha value is -3.97. The fraction of sp³-hybridized carbons (Fsp3) is 0.115. The van der Waals surface area contributed by atoms with Crippen LogP contribution < -0.4 is 4.80 Å². The summed E-state index contributed by atoms with van der Waals surface area (Å²) < 4.78 is 2.16. The van der Waals surface area contributed by atoms with Gasteiger partial charge in [-0.25, -0.2) is 4.99 Å². The van der Waals surface area contributed by atoms with E-state index in [-0.39, 0.29) is 10.6 Å². The van der Waals surface area contributed by atoms with Crippen molar-refractivity contribution in [2.24, 2.45) is 4.99 Å². The van der Waals surface area contributed by atoms with Gasteiger partial charge in [-0.2, -0.15) is 0 Å². The summed E-state index contributed by atoms with van der Waals surface area (Å²) in [5.74, 6) is 0. The Morgan fingerprint density at radius 2 is 1.79 bits per heavy atom. The normalized spacial score (nSPS) is 11.8. The standard InChI is InChI=1S/C26H22N4O2S/c1-18-10-12-19(13-11-18)25-17-33-26(28-23-8-4-5-9-24(23)30(31)32)29(25)15-14-20-16-27-22-7-3-2-6-21(20)22/h2-13,16-17,27H,14-15H2,1H3. The van der Waals surface area contributed by atoms with Gasteiger partial charge in [0.05, 0.1) is 10.6 Å². The molecule has 0 fully saturated rings. The van der Waals surface area contributed by atoms with E-state index in [4.69, 9.17) is 4.99 Å². The average Bonchev–Trinajstić information content (AvgIpc) is 3.42. The van der Waals surface area contributed by atoms with Crippen molar-refractivity contribution in [1.82, 2.24) is 9.55 Å². The van der Waals surface area contributed by atoms with E-state index in [1.165, 1.54) is 33.9 Å². The fourth-order valence-corrected chi connectivity index (χ4v) is 4.92. The molecule has 0 aliphatic heterocycles. The van der Waals surface area contributed by atoms with Crippen molar-refractivity contribution in [2.75, 3.05) is 0 Å². The molecule has 2 heterocycles. The third kappa shape index (κ3) is 4.23. The Bertz CT molecular complexity index is 1510. The van der Waals surface area contributed by atoms with E-state index in [1.807, 2.05) is 12.1 Å². The Balaban J connectivity index is 1.60. The second kappa shape index (κ2) is 8.88. The zero-order chi connectivity index (χ0) is 22.8. The summed E-state index contributed by atoms with van der Waals surface area (Å²) in [5, 5.41) is 14.8. The summed E-state index contributed by atoms with van der Waals surface area (Å²) in [6.45, 7) is 2.77. The van der Waals surface area contributed by atoms with Crippen molar-refractivity contribution in [2.45, 2.75) is 19.9 Å². The number of nitrogens with one attached hydrogen (secondary N) is 1. The van der Waals surface area contributed by atoms with Crippen LogP contribution in [-0.2, 0) is 13.0 Å². The zero-order valence-corrected chi connectivity index (χ0v) is 18.9. The summed E-state index contributed by atoms with van der Waals surface area (Å²) in [4.78, 5) is 19.9. The molecule has 0 amide bonds. The lowest BCUT2D eigenvalue weighted by Gasteiger charge is -2.10. The molecule has 0 unspecified atom stereocenters. The number of aromatic nitrogens is 2. The van der Waals surface area contributed by atoms with Crippen LogP contribution in [0.25, 0.3) is 22.2 Å². The number of hydrogen-bond acceptors (Lipinski definition) is 4. The second-order valence-corrected chi connectivity index (χ2v) is 8.72. The first-order valence-electron chi connectivity index (χ1n) is 10.7. The van der Waals surface area contributed by atoms with E-state index in [1.54, 1.807) is 18.2 Å². The van der Waals surface area contributed by atoms with Gasteiger partial charge in [-0.15, -0.1) is 11.3 Å². The molecule has 0 bridgehead atoms. The predicted octanol–water partition coefficient (Wildman–Crippen LogP) is 6.39. The molecule has 6 nitrogen and oxygen atoms in total. The molecule has 0 aliphatic carbocycles. The predicted molar refractivity (Wildman–Crippen MR) is 133 cm³/mol. The lowest BCUT2D eigenvalue weighted by molar-refractivity contribution is -0.384. The second-order valence-electron chi connectivity index (χ2n) is 7.89. The van der Waals surface area contributed by atoms with Crippen LogP contribution in [0, 0.1) is 17.0 Å². The number of hydrogen-bond donors (Lipinski definition) is 1. The summed E-state index contributed by atoms with van der Waals surface area (Å²) in [6.07, 6.45) is 2.87. The number of para-hydroxylation sites is 3. The molecule has 164 valence electrons. The lowest BCUT2D eigenvalue weighted by atomic mass is 10.1. The molecule has 5 rings (SSSR count). The Labute approximate surface area is 194 Å². The maximum absolute atomic E-state index is 11.5. The molecule has 0 atom stereocenters. The first kappa shape index (κ1) is 20.9. The van der Waals surface area contributed by atoms with Gasteiger partial charge in [0.1, 0.15) is 5.69 Å². The number of H-pyrrole nitrogens is 1. The molecule has 0 aliphatic rings. The molecule has 2 aromatic heterocycles. The van der Waals surface area contributed by atoms with Crippen LogP contribution in [-0.4, -0.2) is 14.5 Å². The van der Waals surface area contributed by atoms with Crippen molar-refractivity contribution in [3.8, 4) is 11.3 Å².